The van der Waals surface area contributed by atoms with Crippen LogP contribution in [0.25, 0.3) is 5.57 Å². The first-order valence-corrected chi connectivity index (χ1v) is 12.7. The second-order valence-electron chi connectivity index (χ2n) is 10.1. The average molecular weight is 540 g/mol. The van der Waals surface area contributed by atoms with Crippen LogP contribution in [0.3, 0.4) is 0 Å². The van der Waals surface area contributed by atoms with Crippen molar-refractivity contribution in [2.45, 2.75) is 51.3 Å². The van der Waals surface area contributed by atoms with Gasteiger partial charge in [-0.25, -0.2) is 9.59 Å². The molecule has 0 unspecified atom stereocenters. The minimum atomic E-state index is -0.646. The van der Waals surface area contributed by atoms with E-state index in [1.165, 1.54) is 0 Å². The van der Waals surface area contributed by atoms with Crippen molar-refractivity contribution in [3.05, 3.63) is 64.3 Å². The molecule has 2 amide bonds. The molecule has 2 aromatic rings. The number of amides is 2. The Bertz CT molecular complexity index is 1240. The quantitative estimate of drug-likeness (QED) is 0.436. The molecular weight excluding hydrogens is 510 g/mol. The van der Waals surface area contributed by atoms with Gasteiger partial charge >= 0.3 is 12.2 Å². The van der Waals surface area contributed by atoms with Gasteiger partial charge in [-0.1, -0.05) is 40.2 Å². The Hall–Kier alpha value is -3.00. The maximum atomic E-state index is 13.8. The number of carbonyl (C=O) groups excluding carboxylic acids is 2. The maximum Gasteiger partial charge on any atom is 0.416 e. The summed E-state index contributed by atoms with van der Waals surface area (Å²) >= 11 is 3.81. The number of para-hydroxylation sites is 1. The van der Waals surface area contributed by atoms with Gasteiger partial charge in [0.2, 0.25) is 0 Å². The molecule has 0 radical (unpaired) electrons. The fraction of sp³-hybridized carbons (Fsp3) is 0.407. The molecule has 1 spiro atoms. The van der Waals surface area contributed by atoms with Gasteiger partial charge in [-0.15, -0.1) is 0 Å². The summed E-state index contributed by atoms with van der Waals surface area (Å²) in [5.74, 6) is 0. The summed E-state index contributed by atoms with van der Waals surface area (Å²) < 4.78 is 12.2. The monoisotopic (exact) mass is 539 g/mol. The molecule has 0 saturated carbocycles. The van der Waals surface area contributed by atoms with Gasteiger partial charge in [-0.3, -0.25) is 9.80 Å². The SMILES string of the molecule is CCOC(=O)N1C=C2c3ccccc3N(C(=O)OC(C)(C)C)[C@@H]3N(C)c4cccc(Br)c4[C@]23CC1. The summed E-state index contributed by atoms with van der Waals surface area (Å²) in [7, 11) is 2.02. The lowest BCUT2D eigenvalue weighted by atomic mass is 9.65. The summed E-state index contributed by atoms with van der Waals surface area (Å²) in [6.45, 7) is 8.22. The highest BCUT2D eigenvalue weighted by atomic mass is 79.9. The summed E-state index contributed by atoms with van der Waals surface area (Å²) in [6.07, 6.45) is 1.42. The molecule has 0 N–H and O–H groups in total. The molecular formula is C27H30BrN3O4. The van der Waals surface area contributed by atoms with E-state index in [0.29, 0.717) is 19.6 Å². The highest BCUT2D eigenvalue weighted by molar-refractivity contribution is 9.10. The van der Waals surface area contributed by atoms with Gasteiger partial charge in [0.25, 0.3) is 0 Å². The third-order valence-corrected chi connectivity index (χ3v) is 7.59. The number of hydrogen-bond donors (Lipinski definition) is 0. The average Bonchev–Trinajstić information content (AvgIpc) is 3.05. The van der Waals surface area contributed by atoms with Crippen molar-refractivity contribution in [1.29, 1.82) is 0 Å². The van der Waals surface area contributed by atoms with E-state index < -0.39 is 17.1 Å². The first kappa shape index (κ1) is 23.7. The fourth-order valence-corrected chi connectivity index (χ4v) is 6.45. The molecule has 3 aliphatic rings. The molecule has 184 valence electrons. The lowest BCUT2D eigenvalue weighted by Gasteiger charge is -2.52. The number of nitrogens with zero attached hydrogens (tertiary/aromatic N) is 3. The van der Waals surface area contributed by atoms with Crippen LogP contribution in [0.15, 0.2) is 53.1 Å². The van der Waals surface area contributed by atoms with E-state index in [1.807, 2.05) is 70.4 Å². The van der Waals surface area contributed by atoms with Crippen LogP contribution >= 0.6 is 15.9 Å². The third-order valence-electron chi connectivity index (χ3n) is 6.93. The van der Waals surface area contributed by atoms with Gasteiger partial charge in [0.15, 0.2) is 0 Å². The molecule has 7 nitrogen and oxygen atoms in total. The Kier molecular flexibility index (Phi) is 5.62. The molecule has 3 aliphatic heterocycles. The lowest BCUT2D eigenvalue weighted by Crippen LogP contribution is -2.62. The van der Waals surface area contributed by atoms with Gasteiger partial charge in [0, 0.05) is 41.1 Å². The molecule has 0 bridgehead atoms. The number of fused-ring (bicyclic) bond motifs is 3. The van der Waals surface area contributed by atoms with Crippen LogP contribution in [-0.4, -0.2) is 49.1 Å². The number of anilines is 2. The molecule has 35 heavy (non-hydrogen) atoms. The van der Waals surface area contributed by atoms with E-state index in [4.69, 9.17) is 9.47 Å². The highest BCUT2D eigenvalue weighted by Gasteiger charge is 2.61. The maximum absolute atomic E-state index is 13.8. The number of carbonyl (C=O) groups is 2. The van der Waals surface area contributed by atoms with Crippen molar-refractivity contribution in [3.63, 3.8) is 0 Å². The second-order valence-corrected chi connectivity index (χ2v) is 11.0. The predicted molar refractivity (Wildman–Crippen MR) is 139 cm³/mol. The molecule has 0 aromatic heterocycles. The van der Waals surface area contributed by atoms with Crippen LogP contribution < -0.4 is 9.80 Å². The van der Waals surface area contributed by atoms with Gasteiger partial charge in [-0.05, 0) is 57.9 Å². The molecule has 8 heteroatoms. The minimum absolute atomic E-state index is 0.312. The van der Waals surface area contributed by atoms with Gasteiger partial charge in [-0.2, -0.15) is 0 Å². The highest BCUT2D eigenvalue weighted by Crippen LogP contribution is 2.62. The van der Waals surface area contributed by atoms with Crippen molar-refractivity contribution in [1.82, 2.24) is 4.90 Å². The molecule has 2 atom stereocenters. The fourth-order valence-electron chi connectivity index (χ4n) is 5.74. The van der Waals surface area contributed by atoms with E-state index in [0.717, 1.165) is 32.5 Å². The Morgan fingerprint density at radius 2 is 1.80 bits per heavy atom. The first-order valence-electron chi connectivity index (χ1n) is 11.9. The van der Waals surface area contributed by atoms with Crippen molar-refractivity contribution < 1.29 is 19.1 Å². The number of benzene rings is 2. The van der Waals surface area contributed by atoms with Crippen molar-refractivity contribution in [3.8, 4) is 0 Å². The smallest absolute Gasteiger partial charge is 0.416 e. The summed E-state index contributed by atoms with van der Waals surface area (Å²) in [6, 6.07) is 14.0. The summed E-state index contributed by atoms with van der Waals surface area (Å²) in [5, 5.41) is 0. The first-order chi connectivity index (χ1) is 16.6. The van der Waals surface area contributed by atoms with Crippen LogP contribution in [0.2, 0.25) is 0 Å². The zero-order valence-electron chi connectivity index (χ0n) is 20.7. The van der Waals surface area contributed by atoms with E-state index in [-0.39, 0.29) is 12.3 Å². The normalized spacial score (nSPS) is 22.5. The van der Waals surface area contributed by atoms with Crippen molar-refractivity contribution in [2.75, 3.05) is 30.0 Å². The summed E-state index contributed by atoms with van der Waals surface area (Å²) in [4.78, 5) is 32.1. The van der Waals surface area contributed by atoms with Crippen molar-refractivity contribution in [2.24, 2.45) is 0 Å². The van der Waals surface area contributed by atoms with Crippen molar-refractivity contribution >= 4 is 45.1 Å². The zero-order valence-corrected chi connectivity index (χ0v) is 22.3. The van der Waals surface area contributed by atoms with Crippen LogP contribution in [0.5, 0.6) is 0 Å². The largest absolute Gasteiger partial charge is 0.449 e. The van der Waals surface area contributed by atoms with Gasteiger partial charge in [0.1, 0.15) is 11.8 Å². The molecule has 0 saturated heterocycles. The molecule has 3 heterocycles. The van der Waals surface area contributed by atoms with E-state index in [2.05, 4.69) is 26.9 Å². The topological polar surface area (TPSA) is 62.3 Å². The Morgan fingerprint density at radius 1 is 1.09 bits per heavy atom. The Morgan fingerprint density at radius 3 is 2.51 bits per heavy atom. The van der Waals surface area contributed by atoms with Crippen LogP contribution in [0.4, 0.5) is 21.0 Å². The number of likely N-dealkylation sites (N-methyl/N-ethyl adjacent to an activating group) is 1. The van der Waals surface area contributed by atoms with Gasteiger partial charge < -0.3 is 14.4 Å². The zero-order chi connectivity index (χ0) is 25.1. The molecule has 0 fully saturated rings. The lowest BCUT2D eigenvalue weighted by molar-refractivity contribution is 0.0548. The van der Waals surface area contributed by atoms with Gasteiger partial charge in [0.05, 0.1) is 17.7 Å². The summed E-state index contributed by atoms with van der Waals surface area (Å²) in [5.41, 5.74) is 3.60. The standard InChI is InChI=1S/C27H30BrN3O4/c1-6-34-24(32)30-15-14-27-18(16-30)17-10-7-8-12-20(17)31(25(33)35-26(2,3)4)23(27)29(5)21-13-9-11-19(28)22(21)27/h7-13,16,23H,6,14-15H2,1-5H3/t23-,27-/m0/s1. The van der Waals surface area contributed by atoms with E-state index >= 15 is 0 Å². The Labute approximate surface area is 214 Å². The van der Waals surface area contributed by atoms with E-state index in [9.17, 15) is 9.59 Å². The van der Waals surface area contributed by atoms with Crippen LogP contribution in [-0.2, 0) is 14.9 Å². The predicted octanol–water partition coefficient (Wildman–Crippen LogP) is 6.12. The molecule has 5 rings (SSSR count). The molecule has 2 aromatic carbocycles. The second kappa shape index (κ2) is 8.29. The van der Waals surface area contributed by atoms with Crippen LogP contribution in [0.1, 0.15) is 45.2 Å². The Balaban J connectivity index is 1.79. The number of hydrogen-bond acceptors (Lipinski definition) is 5. The van der Waals surface area contributed by atoms with Crippen LogP contribution in [0, 0.1) is 0 Å². The number of rotatable bonds is 1. The minimum Gasteiger partial charge on any atom is -0.449 e. The number of ether oxygens (including phenoxy) is 2. The van der Waals surface area contributed by atoms with E-state index in [1.54, 1.807) is 16.7 Å². The molecule has 0 aliphatic carbocycles. The third kappa shape index (κ3) is 3.53. The number of halogens is 1.